The van der Waals surface area contributed by atoms with Crippen molar-refractivity contribution < 1.29 is 79.5 Å². The van der Waals surface area contributed by atoms with Crippen LogP contribution in [0, 0.1) is 4.84 Å². The van der Waals surface area contributed by atoms with Gasteiger partial charge in [-0.15, -0.1) is 277 Å². The van der Waals surface area contributed by atoms with Gasteiger partial charge in [-0.3, -0.25) is 0 Å². The molecular weight excluding hydrogens is 2670 g/mol. The molecule has 11 nitrogen and oxygen atoms in total. The van der Waals surface area contributed by atoms with Gasteiger partial charge < -0.3 is 74.8 Å². The Morgan fingerprint density at radius 1 is 0.491 bits per heavy atom. The number of anilines is 2. The van der Waals surface area contributed by atoms with Gasteiger partial charge in [0.2, 0.25) is 0 Å². The van der Waals surface area contributed by atoms with Crippen LogP contribution in [0.2, 0.25) is 15.1 Å². The third kappa shape index (κ3) is 49.3. The Bertz CT molecular complexity index is 3180. The number of aromatic nitrogens is 2. The number of nitrogen functional groups attached to an aromatic ring is 1. The minimum absolute atomic E-state index is 0. The molecule has 5 N–H and O–H groups in total. The molecule has 0 amide bonds. The van der Waals surface area contributed by atoms with E-state index in [1.54, 1.807) is 18.2 Å². The number of nitrogens with one attached hydrogen (secondary N) is 2. The van der Waals surface area contributed by atoms with Gasteiger partial charge in [0.25, 0.3) is 10.9 Å². The topological polar surface area (TPSA) is 144 Å². The van der Waals surface area contributed by atoms with E-state index >= 15 is 0 Å². The minimum atomic E-state index is -0.269. The van der Waals surface area contributed by atoms with Crippen LogP contribution < -0.4 is 67.3 Å². The van der Waals surface area contributed by atoms with Crippen LogP contribution in [-0.4, -0.2) is 79.8 Å². The molecule has 110 heavy (non-hydrogen) atoms. The number of fused-ring (bicyclic) bond motifs is 2. The van der Waals surface area contributed by atoms with Gasteiger partial charge in [-0.1, -0.05) is 61.0 Å². The summed E-state index contributed by atoms with van der Waals surface area (Å²) in [5, 5.41) is 13.7. The summed E-state index contributed by atoms with van der Waals surface area (Å²) in [6.07, 6.45) is 0. The van der Waals surface area contributed by atoms with E-state index in [0.717, 1.165) is 64.0 Å². The summed E-state index contributed by atoms with van der Waals surface area (Å²) in [4.78, 5) is 9.67. The number of para-hydroxylation sites is 3. The number of nitrogens with two attached hydrogens (primary N) is 1. The fraction of sp³-hybridized carbons (Fsp3) is 0.323. The number of phenols is 1. The van der Waals surface area contributed by atoms with Crippen LogP contribution >= 0.6 is 547 Å². The molecule has 0 spiro atoms. The molecule has 2 aliphatic rings. The molecule has 0 saturated carbocycles. The summed E-state index contributed by atoms with van der Waals surface area (Å²) in [5.74, 6) is 0.0301. The van der Waals surface area contributed by atoms with Crippen LogP contribution in [0.5, 0.6) is 5.75 Å². The van der Waals surface area contributed by atoms with Crippen LogP contribution in [0.25, 0.3) is 22.2 Å². The van der Waals surface area contributed by atoms with Crippen LogP contribution in [0.15, 0.2) is 63.4 Å². The number of thiocarbonyl (C=S) groups is 1. The molecule has 79 heteroatoms. The van der Waals surface area contributed by atoms with E-state index < -0.39 is 0 Å². The summed E-state index contributed by atoms with van der Waals surface area (Å²) in [6.45, 7) is 2.82. The molecule has 3 aromatic carbocycles. The van der Waals surface area contributed by atoms with E-state index in [0.29, 0.717) is 51.3 Å². The first kappa shape index (κ1) is 135. The number of nitrogens with zero attached hydrogens (tertiary/aromatic N) is 2. The first-order chi connectivity index (χ1) is 50.5. The smallest absolute Gasteiger partial charge is 0.813 e. The van der Waals surface area contributed by atoms with Crippen LogP contribution in [-0.2, 0) is 27.7 Å². The van der Waals surface area contributed by atoms with Crippen molar-refractivity contribution in [2.24, 2.45) is 0 Å². The molecule has 5 aromatic rings. The molecule has 2 saturated heterocycles. The summed E-state index contributed by atoms with van der Waals surface area (Å²) in [7, 11) is 111. The van der Waals surface area contributed by atoms with Crippen molar-refractivity contribution in [1.29, 1.82) is 0 Å². The number of rotatable bonds is 32. The molecule has 0 aliphatic carbocycles. The zero-order chi connectivity index (χ0) is 82.5. The molecule has 4 heterocycles. The van der Waals surface area contributed by atoms with Crippen molar-refractivity contribution in [2.75, 3.05) is 69.8 Å². The minimum Gasteiger partial charge on any atom is -0.813 e. The fourth-order valence-electron chi connectivity index (χ4n) is 7.47. The van der Waals surface area contributed by atoms with E-state index in [-0.39, 0.29) is 279 Å². The maximum absolute atomic E-state index is 8.89. The molecule has 35 unspecified atom stereocenters. The van der Waals surface area contributed by atoms with Gasteiger partial charge in [0.05, 0.1) is 47.2 Å². The van der Waals surface area contributed by atoms with Crippen LogP contribution in [0.4, 0.5) is 11.7 Å². The van der Waals surface area contributed by atoms with Crippen molar-refractivity contribution in [3.05, 3.63) is 74.5 Å². The Labute approximate surface area is 838 Å². The predicted molar refractivity (Wildman–Crippen MR) is 713 cm³/mol. The van der Waals surface area contributed by atoms with Crippen molar-refractivity contribution in [2.45, 2.75) is 6.92 Å². The third-order valence-corrected chi connectivity index (χ3v) is 438. The van der Waals surface area contributed by atoms with Crippen LogP contribution in [0.1, 0.15) is 6.92 Å². The Hall–Kier alpha value is 25.1. The standard InChI is InChI=1S/C11H11ClN2O2.C7H4ClNOS.C6H6ClNO.C4H9NO.C3H5OS.K.H63P61.H2S/c12-8-2-1-3-9-10(8)13-11(16-9)14-4-6-15-7-5-14;8-4-2-1-3-5-6(4)9-7(11)10-5;7-4-2-1-3-5(9)6(4)8;1-3-6-4-2-5-1;1-2-4-3-5;;1-32-48(33(2)3)56(49(34(4)5)35(6)7)60(57(50(36(8)9)37(10)11)51(38(12)13)39(14)15)61(58(52(40(16)17)41(18)19)53(42(20)21)43(22)23)59(54(44(24)25)45(26)27)55(46(28)29)47(30)31;/h1-3H,4-7H2;1-3H,(H,9,11);1-3,9H,8H2;5H,1-4H2;2H2,1H3;;32H,1-31H2;1H2/q;;;;-1;+1;;/p-1. The predicted octanol–water partition coefficient (Wildman–Crippen LogP) is 40.0. The number of hydrogen-bond donors (Lipinski definition) is 4. The number of phenolic OH excluding ortho intramolecular Hbond substituents is 1. The molecule has 7 rings (SSSR count). The number of morpholine rings is 2. The molecule has 0 radical (unpaired) electrons. The van der Waals surface area contributed by atoms with E-state index in [1.165, 1.54) is 6.07 Å². The van der Waals surface area contributed by atoms with E-state index in [1.807, 2.05) is 37.3 Å². The molecular formula is C31H99Cl3KN5O6P61S3-. The first-order valence-electron chi connectivity index (χ1n) is 28.3. The van der Waals surface area contributed by atoms with Gasteiger partial charge in [0.1, 0.15) is 16.8 Å². The number of aromatic amines is 1. The zero-order valence-electron chi connectivity index (χ0n) is 58.3. The molecule has 0 bridgehead atoms. The van der Waals surface area contributed by atoms with Gasteiger partial charge in [0, 0.05) is 32.8 Å². The Morgan fingerprint density at radius 3 is 1.10 bits per heavy atom. The second-order valence-corrected chi connectivity index (χ2v) is 271. The van der Waals surface area contributed by atoms with Crippen molar-refractivity contribution in [3.63, 3.8) is 0 Å². The summed E-state index contributed by atoms with van der Waals surface area (Å²) >= 11 is 26.4. The SMILES string of the molecule is C1COCCN1.CCO[C-]=S.Clc1cccc2oc(N3CCOCC3)nc12.Nc1c(O)cccc1Cl.PPP(P(P)P)P(P(P(P)P)P(P)P)P(P(P(P(P)P)P(P)P)P(P(P)P)P(P)P)P(P(P(P(P)P)P(P)P)P(P(P)P)P(P)P)P(P(P(P)P)P(P)P)P(P(P)P)P(P)P.S=c1[nH]c2c(Cl)cccc2o1.[K+].[SH-]. The third-order valence-electron chi connectivity index (χ3n) is 11.4. The number of ether oxygens (including phenoxy) is 3. The van der Waals surface area contributed by atoms with E-state index in [2.05, 4.69) is 319 Å². The monoisotopic (exact) mass is 2770 g/mol. The second-order valence-electron chi connectivity index (χ2n) is 19.0. The number of benzene rings is 3. The second kappa shape index (κ2) is 76.6. The summed E-state index contributed by atoms with van der Waals surface area (Å²) in [6, 6.07) is 16.3. The number of halogens is 3. The maximum atomic E-state index is 8.89. The number of H-pyrrole nitrogens is 1. The first-order valence-corrected chi connectivity index (χ1v) is 141. The number of hydrogen-bond acceptors (Lipinski definition) is 13. The van der Waals surface area contributed by atoms with Gasteiger partial charge in [-0.05, 0) is 258 Å². The van der Waals surface area contributed by atoms with E-state index in [4.69, 9.17) is 76.2 Å². The number of thiol groups is 1. The quantitative estimate of drug-likeness (QED) is 0.00474. The van der Waals surface area contributed by atoms with Crippen molar-refractivity contribution >= 4 is 600 Å². The summed E-state index contributed by atoms with van der Waals surface area (Å²) < 4.78 is 25.5. The van der Waals surface area contributed by atoms with Gasteiger partial charge in [0.15, 0.2) is 11.2 Å². The Kier molecular flexibility index (Phi) is 94.0. The summed E-state index contributed by atoms with van der Waals surface area (Å²) in [5.41, 5.74) is 10.6. The van der Waals surface area contributed by atoms with Crippen molar-refractivity contribution in [1.82, 2.24) is 15.3 Å². The normalized spacial score (nSPS) is 14.8. The molecule has 2 aliphatic heterocycles. The Morgan fingerprint density at radius 2 is 0.818 bits per heavy atom. The largest absolute Gasteiger partial charge is 1.00 e. The van der Waals surface area contributed by atoms with Gasteiger partial charge in [-0.25, -0.2) is 5.55 Å². The fourth-order valence-corrected chi connectivity index (χ4v) is 888. The molecule has 630 valence electrons. The Balaban J connectivity index is 0.00000188. The van der Waals surface area contributed by atoms with Crippen LogP contribution in [0.3, 0.4) is 0 Å². The molecule has 2 aromatic heterocycles. The molecule has 35 atom stereocenters. The number of oxazole rings is 2. The van der Waals surface area contributed by atoms with Gasteiger partial charge >= 0.3 is 51.4 Å². The zero-order valence-corrected chi connectivity index (χ0v) is 129. The van der Waals surface area contributed by atoms with Crippen molar-refractivity contribution in [3.8, 4) is 5.75 Å². The van der Waals surface area contributed by atoms with E-state index in [9.17, 15) is 0 Å². The average Bonchev–Trinajstić information content (AvgIpc) is 1.38. The number of aromatic hydroxyl groups is 1. The maximum Gasteiger partial charge on any atom is 1.00 e. The van der Waals surface area contributed by atoms with Gasteiger partial charge in [-0.2, -0.15) is 4.98 Å². The molecule has 2 fully saturated rings. The average molecular weight is 2770 g/mol.